The molecule has 0 aliphatic heterocycles. The fraction of sp³-hybridized carbons (Fsp3) is 0.625. The van der Waals surface area contributed by atoms with Crippen molar-refractivity contribution in [3.63, 3.8) is 0 Å². The predicted molar refractivity (Wildman–Crippen MR) is 343 cm³/mol. The van der Waals surface area contributed by atoms with E-state index in [1.807, 2.05) is 72.8 Å². The average Bonchev–Trinajstić information content (AvgIpc) is 3.57. The third-order valence-electron chi connectivity index (χ3n) is 14.4. The number of unbranched alkanes of at least 4 members (excludes halogenated alkanes) is 27. The minimum absolute atomic E-state index is 0.0145. The first-order valence-corrected chi connectivity index (χ1v) is 32.9. The zero-order valence-corrected chi connectivity index (χ0v) is 52.4. The molecule has 0 atom stereocenters. The van der Waals surface area contributed by atoms with E-state index in [2.05, 4.69) is 0 Å². The molecule has 3 rings (SSSR count). The molecular weight excluding hydrogens is 1060 g/mol. The molecule has 0 aromatic heterocycles. The molecule has 3 aromatic rings. The predicted octanol–water partition coefficient (Wildman–Crippen LogP) is 18.1. The molecule has 0 radical (unpaired) electrons. The first kappa shape index (κ1) is 72.8. The Morgan fingerprint density at radius 3 is 0.786 bits per heavy atom. The molecule has 0 spiro atoms. The van der Waals surface area contributed by atoms with Crippen LogP contribution in [0, 0.1) is 0 Å². The molecule has 0 N–H and O–H groups in total. The molecular formula is C72H110O12. The summed E-state index contributed by atoms with van der Waals surface area (Å²) in [5, 5.41) is 0. The fourth-order valence-electron chi connectivity index (χ4n) is 9.54. The topological polar surface area (TPSA) is 134 Å². The Hall–Kier alpha value is -5.43. The summed E-state index contributed by atoms with van der Waals surface area (Å²) < 4.78 is 51.3. The first-order chi connectivity index (χ1) is 41.4. The second-order valence-electron chi connectivity index (χ2n) is 21.8. The number of rotatable bonds is 56. The number of hydrogen-bond donors (Lipinski definition) is 0. The Morgan fingerprint density at radius 2 is 0.536 bits per heavy atom. The lowest BCUT2D eigenvalue weighted by molar-refractivity contribution is -0.138. The lowest BCUT2D eigenvalue weighted by atomic mass is 10.1. The number of esters is 3. The van der Waals surface area contributed by atoms with Gasteiger partial charge in [-0.15, -0.1) is 0 Å². The molecule has 0 saturated carbocycles. The van der Waals surface area contributed by atoms with Crippen LogP contribution in [0.1, 0.15) is 230 Å². The van der Waals surface area contributed by atoms with Crippen LogP contribution in [0.5, 0.6) is 17.2 Å². The summed E-state index contributed by atoms with van der Waals surface area (Å²) >= 11 is 0. The van der Waals surface area contributed by atoms with Crippen molar-refractivity contribution in [1.82, 2.24) is 0 Å². The standard InChI is InChI=1S/C72H110O12/c1-4-78-70(73)52-43-63-37-46-66(47-38-63)81-57-33-27-21-15-9-7-13-19-25-31-55-76-61-69(84-60-36-30-24-18-12-11-17-23-29-35-59-83-68-50-41-65(42-51-68)45-54-72(75)80-6-3)62-77-56-32-26-20-14-8-10-16-22-28-34-58-82-67-48-39-64(40-49-67)44-53-71(74)79-5-2/h37-54,69H,4-36,55-62H2,1-3H3. The minimum Gasteiger partial charge on any atom is -0.494 e. The van der Waals surface area contributed by atoms with Gasteiger partial charge >= 0.3 is 17.9 Å². The van der Waals surface area contributed by atoms with Gasteiger partial charge in [0.05, 0.1) is 52.9 Å². The van der Waals surface area contributed by atoms with Crippen molar-refractivity contribution in [2.75, 3.05) is 72.7 Å². The molecule has 0 aliphatic rings. The summed E-state index contributed by atoms with van der Waals surface area (Å²) in [6.45, 7) is 12.2. The zero-order valence-electron chi connectivity index (χ0n) is 52.4. The van der Waals surface area contributed by atoms with Crippen LogP contribution in [-0.4, -0.2) is 96.7 Å². The van der Waals surface area contributed by atoms with Crippen LogP contribution in [0.15, 0.2) is 91.0 Å². The van der Waals surface area contributed by atoms with E-state index in [1.54, 1.807) is 39.0 Å². The van der Waals surface area contributed by atoms with E-state index in [9.17, 15) is 14.4 Å². The number of hydrogen-bond acceptors (Lipinski definition) is 12. The summed E-state index contributed by atoms with van der Waals surface area (Å²) in [4.78, 5) is 34.6. The maximum absolute atomic E-state index is 11.5. The molecule has 12 heteroatoms. The Morgan fingerprint density at radius 1 is 0.310 bits per heavy atom. The van der Waals surface area contributed by atoms with Crippen LogP contribution in [0.4, 0.5) is 0 Å². The van der Waals surface area contributed by atoms with Gasteiger partial charge in [-0.2, -0.15) is 0 Å². The molecule has 0 aliphatic carbocycles. The monoisotopic (exact) mass is 1170 g/mol. The smallest absolute Gasteiger partial charge is 0.330 e. The molecule has 3 aromatic carbocycles. The Labute approximate surface area is 508 Å². The molecule has 470 valence electrons. The van der Waals surface area contributed by atoms with Crippen molar-refractivity contribution in [3.8, 4) is 17.2 Å². The number of benzene rings is 3. The molecule has 0 bridgehead atoms. The Bertz CT molecular complexity index is 2010. The first-order valence-electron chi connectivity index (χ1n) is 32.9. The lowest BCUT2D eigenvalue weighted by Crippen LogP contribution is -2.26. The number of carbonyl (C=O) groups excluding carboxylic acids is 3. The molecule has 12 nitrogen and oxygen atoms in total. The second kappa shape index (κ2) is 53.1. The quantitative estimate of drug-likeness (QED) is 0.0230. The zero-order chi connectivity index (χ0) is 59.9. The van der Waals surface area contributed by atoms with E-state index in [1.165, 1.54) is 172 Å². The van der Waals surface area contributed by atoms with Gasteiger partial charge in [-0.05, 0) is 131 Å². The van der Waals surface area contributed by atoms with Gasteiger partial charge in [0.2, 0.25) is 0 Å². The molecule has 0 unspecified atom stereocenters. The number of ether oxygens (including phenoxy) is 9. The largest absolute Gasteiger partial charge is 0.494 e. The third kappa shape index (κ3) is 42.4. The van der Waals surface area contributed by atoms with Crippen molar-refractivity contribution in [3.05, 3.63) is 108 Å². The highest BCUT2D eigenvalue weighted by molar-refractivity contribution is 5.88. The van der Waals surface area contributed by atoms with Gasteiger partial charge in [0.15, 0.2) is 0 Å². The van der Waals surface area contributed by atoms with E-state index < -0.39 is 0 Å². The van der Waals surface area contributed by atoms with E-state index in [-0.39, 0.29) is 24.0 Å². The van der Waals surface area contributed by atoms with Crippen molar-refractivity contribution in [2.45, 2.75) is 219 Å². The van der Waals surface area contributed by atoms with Gasteiger partial charge in [0.1, 0.15) is 23.4 Å². The summed E-state index contributed by atoms with van der Waals surface area (Å²) in [7, 11) is 0. The summed E-state index contributed by atoms with van der Waals surface area (Å²) in [5.74, 6) is 1.60. The lowest BCUT2D eigenvalue weighted by Gasteiger charge is -2.18. The van der Waals surface area contributed by atoms with E-state index in [0.717, 1.165) is 112 Å². The van der Waals surface area contributed by atoms with Crippen LogP contribution >= 0.6 is 0 Å². The summed E-state index contributed by atoms with van der Waals surface area (Å²) in [6.07, 6.45) is 46.3. The van der Waals surface area contributed by atoms with Crippen LogP contribution < -0.4 is 14.2 Å². The van der Waals surface area contributed by atoms with Crippen molar-refractivity contribution in [1.29, 1.82) is 0 Å². The van der Waals surface area contributed by atoms with Crippen molar-refractivity contribution in [2.24, 2.45) is 0 Å². The average molecular weight is 1170 g/mol. The van der Waals surface area contributed by atoms with Crippen molar-refractivity contribution < 1.29 is 57.0 Å². The van der Waals surface area contributed by atoms with Gasteiger partial charge in [-0.1, -0.05) is 190 Å². The second-order valence-corrected chi connectivity index (χ2v) is 21.8. The SMILES string of the molecule is CCOC(=O)C=Cc1ccc(OCCCCCCCCCCCCOCC(COCCCCCCCCCCCCOc2ccc(C=CC(=O)OCC)cc2)OCCCCCCCCCCCCOc2ccc(C=CC(=O)OCC)cc2)cc1. The Kier molecular flexibility index (Phi) is 46.0. The highest BCUT2D eigenvalue weighted by Gasteiger charge is 2.11. The van der Waals surface area contributed by atoms with Gasteiger partial charge in [-0.3, -0.25) is 0 Å². The highest BCUT2D eigenvalue weighted by Crippen LogP contribution is 2.19. The number of carbonyl (C=O) groups is 3. The molecule has 0 saturated heterocycles. The van der Waals surface area contributed by atoms with E-state index >= 15 is 0 Å². The van der Waals surface area contributed by atoms with Gasteiger partial charge in [-0.25, -0.2) is 14.4 Å². The minimum atomic E-state index is -0.327. The van der Waals surface area contributed by atoms with Crippen molar-refractivity contribution >= 4 is 36.1 Å². The van der Waals surface area contributed by atoms with E-state index in [4.69, 9.17) is 42.6 Å². The third-order valence-corrected chi connectivity index (χ3v) is 14.4. The van der Waals surface area contributed by atoms with Crippen LogP contribution in [-0.2, 0) is 42.8 Å². The van der Waals surface area contributed by atoms with Gasteiger partial charge in [0.25, 0.3) is 0 Å². The molecule has 0 heterocycles. The summed E-state index contributed by atoms with van der Waals surface area (Å²) in [6, 6.07) is 23.4. The van der Waals surface area contributed by atoms with Gasteiger partial charge in [0, 0.05) is 38.0 Å². The maximum atomic E-state index is 11.5. The molecule has 84 heavy (non-hydrogen) atoms. The van der Waals surface area contributed by atoms with Crippen LogP contribution in [0.2, 0.25) is 0 Å². The Balaban J connectivity index is 1.18. The molecule has 0 amide bonds. The van der Waals surface area contributed by atoms with E-state index in [0.29, 0.717) is 33.0 Å². The maximum Gasteiger partial charge on any atom is 0.330 e. The molecule has 0 fully saturated rings. The van der Waals surface area contributed by atoms with Crippen LogP contribution in [0.3, 0.4) is 0 Å². The highest BCUT2D eigenvalue weighted by atomic mass is 16.6. The fourth-order valence-corrected chi connectivity index (χ4v) is 9.54. The summed E-state index contributed by atoms with van der Waals surface area (Å²) in [5.41, 5.74) is 2.83. The van der Waals surface area contributed by atoms with Crippen LogP contribution in [0.25, 0.3) is 18.2 Å². The van der Waals surface area contributed by atoms with Gasteiger partial charge < -0.3 is 42.6 Å². The normalized spacial score (nSPS) is 11.9.